The lowest BCUT2D eigenvalue weighted by molar-refractivity contribution is -0.117. The Morgan fingerprint density at radius 2 is 2.08 bits per heavy atom. The minimum atomic E-state index is -0.432. The van der Waals surface area contributed by atoms with Crippen LogP contribution in [0.3, 0.4) is 0 Å². The normalized spacial score (nSPS) is 11.0. The largest absolute Gasteiger partial charge is 0.494 e. The van der Waals surface area contributed by atoms with Crippen LogP contribution in [0.15, 0.2) is 52.7 Å². The average Bonchev–Trinajstić information content (AvgIpc) is 3.16. The summed E-state index contributed by atoms with van der Waals surface area (Å²) in [5, 5.41) is 11.9. The number of hydrogen-bond acceptors (Lipinski definition) is 4. The van der Waals surface area contributed by atoms with Gasteiger partial charge in [-0.3, -0.25) is 4.79 Å². The lowest BCUT2D eigenvalue weighted by Crippen LogP contribution is -2.23. The zero-order valence-electron chi connectivity index (χ0n) is 14.3. The van der Waals surface area contributed by atoms with Crippen LogP contribution in [0.25, 0.3) is 6.08 Å². The fourth-order valence-corrected chi connectivity index (χ4v) is 2.19. The number of benzene rings is 1. The van der Waals surface area contributed by atoms with E-state index >= 15 is 0 Å². The van der Waals surface area contributed by atoms with E-state index in [1.54, 1.807) is 18.2 Å². The van der Waals surface area contributed by atoms with Gasteiger partial charge in [-0.05, 0) is 42.3 Å². The first-order valence-corrected chi connectivity index (χ1v) is 8.38. The molecule has 0 saturated heterocycles. The van der Waals surface area contributed by atoms with Crippen LogP contribution in [0.2, 0.25) is 0 Å². The van der Waals surface area contributed by atoms with Crippen molar-refractivity contribution >= 4 is 12.0 Å². The summed E-state index contributed by atoms with van der Waals surface area (Å²) in [6, 6.07) is 12.8. The monoisotopic (exact) mass is 338 g/mol. The van der Waals surface area contributed by atoms with Gasteiger partial charge >= 0.3 is 0 Å². The second-order valence-electron chi connectivity index (χ2n) is 5.56. The average molecular weight is 338 g/mol. The standard InChI is InChI=1S/C20H22N2O3/c1-2-3-4-11-24-18-9-7-16(8-10-18)13-17(14-21)20(23)22-15-19-6-5-12-25-19/h5-10,12-13H,2-4,11,15H2,1H3,(H,22,23)/b17-13+. The van der Waals surface area contributed by atoms with Gasteiger partial charge < -0.3 is 14.5 Å². The minimum absolute atomic E-state index is 0.0446. The van der Waals surface area contributed by atoms with E-state index in [2.05, 4.69) is 12.2 Å². The number of unbranched alkanes of at least 4 members (excludes halogenated alkanes) is 2. The molecule has 5 heteroatoms. The number of nitrogens with zero attached hydrogens (tertiary/aromatic N) is 1. The Bertz CT molecular complexity index is 725. The molecular formula is C20H22N2O3. The van der Waals surface area contributed by atoms with Crippen molar-refractivity contribution in [3.05, 3.63) is 59.6 Å². The molecule has 1 heterocycles. The Labute approximate surface area is 147 Å². The van der Waals surface area contributed by atoms with Gasteiger partial charge in [-0.15, -0.1) is 0 Å². The Morgan fingerprint density at radius 1 is 1.28 bits per heavy atom. The third kappa shape index (κ3) is 6.19. The van der Waals surface area contributed by atoms with Gasteiger partial charge in [0.2, 0.25) is 0 Å². The van der Waals surface area contributed by atoms with Crippen LogP contribution in [0.4, 0.5) is 0 Å². The van der Waals surface area contributed by atoms with Crippen molar-refractivity contribution < 1.29 is 13.9 Å². The van der Waals surface area contributed by atoms with E-state index in [1.165, 1.54) is 6.26 Å². The highest BCUT2D eigenvalue weighted by atomic mass is 16.5. The van der Waals surface area contributed by atoms with Gasteiger partial charge in [-0.1, -0.05) is 31.9 Å². The van der Waals surface area contributed by atoms with E-state index in [1.807, 2.05) is 30.3 Å². The summed E-state index contributed by atoms with van der Waals surface area (Å²) in [5.41, 5.74) is 0.814. The smallest absolute Gasteiger partial charge is 0.262 e. The maximum atomic E-state index is 12.1. The van der Waals surface area contributed by atoms with Gasteiger partial charge in [0.15, 0.2) is 0 Å². The lowest BCUT2D eigenvalue weighted by atomic mass is 10.1. The number of nitriles is 1. The van der Waals surface area contributed by atoms with Crippen LogP contribution in [0, 0.1) is 11.3 Å². The van der Waals surface area contributed by atoms with Gasteiger partial charge in [0.1, 0.15) is 23.2 Å². The predicted octanol–water partition coefficient (Wildman–Crippen LogP) is 4.07. The molecule has 0 spiro atoms. The van der Waals surface area contributed by atoms with E-state index in [0.29, 0.717) is 12.4 Å². The number of carbonyl (C=O) groups excluding carboxylic acids is 1. The van der Waals surface area contributed by atoms with Crippen LogP contribution < -0.4 is 10.1 Å². The predicted molar refractivity (Wildman–Crippen MR) is 95.6 cm³/mol. The molecule has 0 saturated carbocycles. The van der Waals surface area contributed by atoms with Crippen molar-refractivity contribution in [3.63, 3.8) is 0 Å². The molecule has 2 aromatic rings. The molecule has 2 rings (SSSR count). The molecule has 0 unspecified atom stereocenters. The first kappa shape index (κ1) is 18.3. The highest BCUT2D eigenvalue weighted by molar-refractivity contribution is 6.01. The summed E-state index contributed by atoms with van der Waals surface area (Å²) in [6.07, 6.45) is 6.44. The van der Waals surface area contributed by atoms with Gasteiger partial charge in [0.25, 0.3) is 5.91 Å². The van der Waals surface area contributed by atoms with Crippen LogP contribution in [-0.2, 0) is 11.3 Å². The maximum Gasteiger partial charge on any atom is 0.262 e. The number of hydrogen-bond donors (Lipinski definition) is 1. The molecule has 25 heavy (non-hydrogen) atoms. The van der Waals surface area contributed by atoms with Crippen molar-refractivity contribution in [3.8, 4) is 11.8 Å². The zero-order valence-corrected chi connectivity index (χ0v) is 14.3. The molecule has 0 aliphatic carbocycles. The summed E-state index contributed by atoms with van der Waals surface area (Å²) in [4.78, 5) is 12.1. The topological polar surface area (TPSA) is 75.3 Å². The summed E-state index contributed by atoms with van der Waals surface area (Å²) in [5.74, 6) is 0.989. The zero-order chi connectivity index (χ0) is 17.9. The second-order valence-corrected chi connectivity index (χ2v) is 5.56. The molecule has 1 aromatic carbocycles. The molecule has 5 nitrogen and oxygen atoms in total. The summed E-state index contributed by atoms with van der Waals surface area (Å²) in [6.45, 7) is 3.09. The number of amides is 1. The minimum Gasteiger partial charge on any atom is -0.494 e. The van der Waals surface area contributed by atoms with E-state index in [9.17, 15) is 10.1 Å². The Morgan fingerprint density at radius 3 is 2.72 bits per heavy atom. The molecule has 0 radical (unpaired) electrons. The number of nitrogens with one attached hydrogen (secondary N) is 1. The van der Waals surface area contributed by atoms with E-state index in [4.69, 9.17) is 9.15 Å². The molecule has 1 aromatic heterocycles. The quantitative estimate of drug-likeness (QED) is 0.425. The van der Waals surface area contributed by atoms with Gasteiger partial charge in [0.05, 0.1) is 19.4 Å². The van der Waals surface area contributed by atoms with Crippen molar-refractivity contribution in [1.82, 2.24) is 5.32 Å². The molecule has 0 bridgehead atoms. The van der Waals surface area contributed by atoms with Crippen LogP contribution in [0.1, 0.15) is 37.5 Å². The van der Waals surface area contributed by atoms with E-state index in [-0.39, 0.29) is 12.1 Å². The van der Waals surface area contributed by atoms with Crippen molar-refractivity contribution in [2.45, 2.75) is 32.7 Å². The molecule has 0 fully saturated rings. The highest BCUT2D eigenvalue weighted by Crippen LogP contribution is 2.15. The second kappa shape index (κ2) is 9.99. The summed E-state index contributed by atoms with van der Waals surface area (Å²) < 4.78 is 10.8. The van der Waals surface area contributed by atoms with Crippen molar-refractivity contribution in [2.75, 3.05) is 6.61 Å². The fraction of sp³-hybridized carbons (Fsp3) is 0.300. The molecular weight excluding hydrogens is 316 g/mol. The maximum absolute atomic E-state index is 12.1. The molecule has 0 aliphatic heterocycles. The van der Waals surface area contributed by atoms with Crippen LogP contribution in [-0.4, -0.2) is 12.5 Å². The SMILES string of the molecule is CCCCCOc1ccc(/C=C(\C#N)C(=O)NCc2ccco2)cc1. The Hall–Kier alpha value is -3.00. The van der Waals surface area contributed by atoms with Crippen LogP contribution in [0.5, 0.6) is 5.75 Å². The first-order valence-electron chi connectivity index (χ1n) is 8.38. The Balaban J connectivity index is 1.91. The lowest BCUT2D eigenvalue weighted by Gasteiger charge is -2.06. The molecule has 0 atom stereocenters. The number of rotatable bonds is 9. The summed E-state index contributed by atoms with van der Waals surface area (Å²) >= 11 is 0. The first-order chi connectivity index (χ1) is 12.2. The fourth-order valence-electron chi connectivity index (χ4n) is 2.19. The molecule has 130 valence electrons. The third-order valence-corrected chi connectivity index (χ3v) is 3.58. The third-order valence-electron chi connectivity index (χ3n) is 3.58. The molecule has 1 N–H and O–H groups in total. The van der Waals surface area contributed by atoms with Gasteiger partial charge in [-0.25, -0.2) is 0 Å². The molecule has 0 aliphatic rings. The number of carbonyl (C=O) groups is 1. The van der Waals surface area contributed by atoms with Crippen LogP contribution >= 0.6 is 0 Å². The van der Waals surface area contributed by atoms with Gasteiger partial charge in [0, 0.05) is 0 Å². The Kier molecular flexibility index (Phi) is 7.33. The van der Waals surface area contributed by atoms with Crippen molar-refractivity contribution in [1.29, 1.82) is 5.26 Å². The van der Waals surface area contributed by atoms with E-state index in [0.717, 1.165) is 30.6 Å². The summed E-state index contributed by atoms with van der Waals surface area (Å²) in [7, 11) is 0. The molecule has 1 amide bonds. The number of ether oxygens (including phenoxy) is 1. The highest BCUT2D eigenvalue weighted by Gasteiger charge is 2.09. The van der Waals surface area contributed by atoms with E-state index < -0.39 is 5.91 Å². The van der Waals surface area contributed by atoms with Crippen molar-refractivity contribution in [2.24, 2.45) is 0 Å². The van der Waals surface area contributed by atoms with Gasteiger partial charge in [-0.2, -0.15) is 5.26 Å². The number of furan rings is 1.